The average molecular weight is 307 g/mol. The minimum Gasteiger partial charge on any atom is -0.496 e. The van der Waals surface area contributed by atoms with Gasteiger partial charge >= 0.3 is 0 Å². The molecule has 4 heteroatoms. The predicted octanol–water partition coefficient (Wildman–Crippen LogP) is 2.79. The van der Waals surface area contributed by atoms with Gasteiger partial charge in [-0.3, -0.25) is 4.79 Å². The second-order valence-electron chi connectivity index (χ2n) is 6.86. The fourth-order valence-electron chi connectivity index (χ4n) is 2.53. The molecule has 0 aliphatic heterocycles. The number of aliphatic hydroxyl groups excluding tert-OH is 1. The summed E-state index contributed by atoms with van der Waals surface area (Å²) in [5, 5.41) is 12.4. The molecular formula is C18H29NO3. The van der Waals surface area contributed by atoms with Gasteiger partial charge in [-0.1, -0.05) is 45.9 Å². The number of methoxy groups -OCH3 is 1. The summed E-state index contributed by atoms with van der Waals surface area (Å²) in [7, 11) is 1.64. The van der Waals surface area contributed by atoms with Gasteiger partial charge < -0.3 is 15.2 Å². The van der Waals surface area contributed by atoms with E-state index in [0.29, 0.717) is 12.3 Å². The summed E-state index contributed by atoms with van der Waals surface area (Å²) in [6.07, 6.45) is 1.36. The Kier molecular flexibility index (Phi) is 6.88. The number of aliphatic hydroxyl groups is 1. The van der Waals surface area contributed by atoms with Crippen molar-refractivity contribution in [1.82, 2.24) is 5.32 Å². The number of para-hydroxylation sites is 1. The summed E-state index contributed by atoms with van der Waals surface area (Å²) >= 11 is 0. The van der Waals surface area contributed by atoms with E-state index in [-0.39, 0.29) is 18.6 Å². The maximum Gasteiger partial charge on any atom is 0.226 e. The highest BCUT2D eigenvalue weighted by Crippen LogP contribution is 2.28. The molecule has 0 bridgehead atoms. The number of nitrogens with one attached hydrogen (secondary N) is 1. The van der Waals surface area contributed by atoms with Crippen LogP contribution in [0.3, 0.4) is 0 Å². The molecule has 0 saturated carbocycles. The van der Waals surface area contributed by atoms with Crippen LogP contribution in [-0.2, 0) is 11.2 Å². The summed E-state index contributed by atoms with van der Waals surface area (Å²) in [4.78, 5) is 12.6. The molecule has 4 nitrogen and oxygen atoms in total. The Balaban J connectivity index is 2.77. The first-order chi connectivity index (χ1) is 10.3. The Morgan fingerprint density at radius 1 is 1.32 bits per heavy atom. The van der Waals surface area contributed by atoms with Gasteiger partial charge in [0.1, 0.15) is 5.75 Å². The fourth-order valence-corrected chi connectivity index (χ4v) is 2.53. The molecule has 2 N–H and O–H groups in total. The van der Waals surface area contributed by atoms with Gasteiger partial charge in [-0.05, 0) is 30.4 Å². The number of carbonyl (C=O) groups is 1. The molecule has 1 rings (SSSR count). The zero-order chi connectivity index (χ0) is 16.8. The van der Waals surface area contributed by atoms with Crippen LogP contribution in [0.15, 0.2) is 24.3 Å². The van der Waals surface area contributed by atoms with Crippen molar-refractivity contribution in [3.05, 3.63) is 29.8 Å². The van der Waals surface area contributed by atoms with Gasteiger partial charge in [0, 0.05) is 5.41 Å². The van der Waals surface area contributed by atoms with Gasteiger partial charge in [0.15, 0.2) is 0 Å². The van der Waals surface area contributed by atoms with Crippen LogP contribution in [0.2, 0.25) is 0 Å². The van der Waals surface area contributed by atoms with Crippen molar-refractivity contribution in [3.63, 3.8) is 0 Å². The molecule has 0 radical (unpaired) electrons. The van der Waals surface area contributed by atoms with E-state index in [1.165, 1.54) is 0 Å². The van der Waals surface area contributed by atoms with Crippen LogP contribution in [0.4, 0.5) is 0 Å². The van der Waals surface area contributed by atoms with Crippen LogP contribution in [-0.4, -0.2) is 30.8 Å². The summed E-state index contributed by atoms with van der Waals surface area (Å²) in [6.45, 7) is 7.95. The van der Waals surface area contributed by atoms with Crippen molar-refractivity contribution >= 4 is 5.91 Å². The van der Waals surface area contributed by atoms with E-state index in [4.69, 9.17) is 4.74 Å². The smallest absolute Gasteiger partial charge is 0.226 e. The Labute approximate surface area is 133 Å². The fraction of sp³-hybridized carbons (Fsp3) is 0.611. The maximum atomic E-state index is 12.6. The van der Waals surface area contributed by atoms with Crippen LogP contribution in [0.5, 0.6) is 5.75 Å². The number of amides is 1. The zero-order valence-electron chi connectivity index (χ0n) is 14.3. The van der Waals surface area contributed by atoms with Crippen LogP contribution < -0.4 is 10.1 Å². The molecule has 1 aromatic rings. The van der Waals surface area contributed by atoms with E-state index < -0.39 is 5.41 Å². The van der Waals surface area contributed by atoms with Gasteiger partial charge in [-0.2, -0.15) is 0 Å². The van der Waals surface area contributed by atoms with E-state index in [1.54, 1.807) is 7.11 Å². The summed E-state index contributed by atoms with van der Waals surface area (Å²) < 4.78 is 5.35. The molecule has 0 aromatic heterocycles. The number of hydrogen-bond acceptors (Lipinski definition) is 3. The first-order valence-electron chi connectivity index (χ1n) is 7.84. The standard InChI is InChI=1S/C18H29NO3/c1-13(2)10-15(12-20)19-17(21)18(3,4)11-14-8-6-7-9-16(14)22-5/h6-9,13,15,20H,10-12H2,1-5H3,(H,19,21). The molecule has 0 aliphatic carbocycles. The van der Waals surface area contributed by atoms with E-state index in [0.717, 1.165) is 17.7 Å². The molecule has 22 heavy (non-hydrogen) atoms. The van der Waals surface area contributed by atoms with Crippen molar-refractivity contribution in [2.45, 2.75) is 46.6 Å². The third-order valence-electron chi connectivity index (χ3n) is 3.75. The average Bonchev–Trinajstić information content (AvgIpc) is 2.46. The monoisotopic (exact) mass is 307 g/mol. The lowest BCUT2D eigenvalue weighted by molar-refractivity contribution is -0.130. The Hall–Kier alpha value is -1.55. The molecule has 1 atom stereocenters. The highest BCUT2D eigenvalue weighted by molar-refractivity contribution is 5.82. The van der Waals surface area contributed by atoms with Crippen molar-refractivity contribution < 1.29 is 14.6 Å². The summed E-state index contributed by atoms with van der Waals surface area (Å²) in [5.74, 6) is 1.18. The van der Waals surface area contributed by atoms with Crippen molar-refractivity contribution in [2.75, 3.05) is 13.7 Å². The molecule has 0 heterocycles. The molecular weight excluding hydrogens is 278 g/mol. The van der Waals surface area contributed by atoms with Gasteiger partial charge in [0.2, 0.25) is 5.91 Å². The lowest BCUT2D eigenvalue weighted by Crippen LogP contribution is -2.46. The molecule has 0 saturated heterocycles. The maximum absolute atomic E-state index is 12.6. The highest BCUT2D eigenvalue weighted by atomic mass is 16.5. The van der Waals surface area contributed by atoms with Crippen molar-refractivity contribution in [1.29, 1.82) is 0 Å². The number of carbonyl (C=O) groups excluding carboxylic acids is 1. The van der Waals surface area contributed by atoms with Gasteiger partial charge in [0.25, 0.3) is 0 Å². The van der Waals surface area contributed by atoms with Crippen LogP contribution in [0.1, 0.15) is 39.7 Å². The molecule has 0 fully saturated rings. The molecule has 0 spiro atoms. The minimum atomic E-state index is -0.570. The van der Waals surface area contributed by atoms with Crippen molar-refractivity contribution in [2.24, 2.45) is 11.3 Å². The number of benzene rings is 1. The van der Waals surface area contributed by atoms with E-state index >= 15 is 0 Å². The molecule has 1 unspecified atom stereocenters. The van der Waals surface area contributed by atoms with Crippen molar-refractivity contribution in [3.8, 4) is 5.75 Å². The third-order valence-corrected chi connectivity index (χ3v) is 3.75. The molecule has 0 aliphatic rings. The largest absolute Gasteiger partial charge is 0.496 e. The van der Waals surface area contributed by atoms with Gasteiger partial charge in [-0.15, -0.1) is 0 Å². The third kappa shape index (κ3) is 5.34. The first kappa shape index (κ1) is 18.5. The zero-order valence-corrected chi connectivity index (χ0v) is 14.3. The van der Waals surface area contributed by atoms with E-state index in [1.807, 2.05) is 38.1 Å². The number of rotatable bonds is 8. The highest BCUT2D eigenvalue weighted by Gasteiger charge is 2.30. The van der Waals surface area contributed by atoms with E-state index in [2.05, 4.69) is 19.2 Å². The van der Waals surface area contributed by atoms with Crippen LogP contribution in [0, 0.1) is 11.3 Å². The minimum absolute atomic E-state index is 0.0331. The van der Waals surface area contributed by atoms with Gasteiger partial charge in [-0.25, -0.2) is 0 Å². The normalized spacial score (nSPS) is 13.0. The van der Waals surface area contributed by atoms with E-state index in [9.17, 15) is 9.90 Å². The predicted molar refractivity (Wildman–Crippen MR) is 89.0 cm³/mol. The first-order valence-corrected chi connectivity index (χ1v) is 7.84. The number of hydrogen-bond donors (Lipinski definition) is 2. The topological polar surface area (TPSA) is 58.6 Å². The lowest BCUT2D eigenvalue weighted by atomic mass is 9.84. The second-order valence-corrected chi connectivity index (χ2v) is 6.86. The molecule has 1 aromatic carbocycles. The van der Waals surface area contributed by atoms with Gasteiger partial charge in [0.05, 0.1) is 19.8 Å². The SMILES string of the molecule is COc1ccccc1CC(C)(C)C(=O)NC(CO)CC(C)C. The lowest BCUT2D eigenvalue weighted by Gasteiger charge is -2.28. The Morgan fingerprint density at radius 3 is 2.50 bits per heavy atom. The molecule has 1 amide bonds. The Morgan fingerprint density at radius 2 is 1.95 bits per heavy atom. The second kappa shape index (κ2) is 8.18. The molecule has 124 valence electrons. The summed E-state index contributed by atoms with van der Waals surface area (Å²) in [6, 6.07) is 7.55. The van der Waals surface area contributed by atoms with Crippen LogP contribution in [0.25, 0.3) is 0 Å². The Bertz CT molecular complexity index is 483. The quantitative estimate of drug-likeness (QED) is 0.776. The number of ether oxygens (including phenoxy) is 1. The van der Waals surface area contributed by atoms with Crippen LogP contribution >= 0.6 is 0 Å². The summed E-state index contributed by atoms with van der Waals surface area (Å²) in [5.41, 5.74) is 0.438.